The van der Waals surface area contributed by atoms with Crippen LogP contribution in [-0.2, 0) is 25.1 Å². The zero-order valence-corrected chi connectivity index (χ0v) is 14.7. The van der Waals surface area contributed by atoms with E-state index in [-0.39, 0.29) is 5.56 Å². The molecule has 7 heteroatoms. The summed E-state index contributed by atoms with van der Waals surface area (Å²) in [6.07, 6.45) is 3.68. The molecule has 2 aliphatic heterocycles. The number of likely N-dealkylation sites (tertiary alicyclic amines) is 1. The van der Waals surface area contributed by atoms with E-state index in [0.717, 1.165) is 73.4 Å². The van der Waals surface area contributed by atoms with Crippen LogP contribution in [0.4, 0.5) is 0 Å². The maximum atomic E-state index is 12.2. The molecule has 2 aromatic heterocycles. The van der Waals surface area contributed by atoms with E-state index in [9.17, 15) is 4.79 Å². The van der Waals surface area contributed by atoms with Crippen molar-refractivity contribution in [2.24, 2.45) is 5.92 Å². The van der Waals surface area contributed by atoms with E-state index in [2.05, 4.69) is 15.0 Å². The van der Waals surface area contributed by atoms with Crippen molar-refractivity contribution in [3.63, 3.8) is 0 Å². The molecule has 0 aliphatic carbocycles. The highest BCUT2D eigenvalue weighted by atomic mass is 32.2. The zero-order chi connectivity index (χ0) is 16.5. The molecule has 4 heterocycles. The molecular weight excluding hydrogens is 324 g/mol. The number of rotatable bonds is 5. The Hall–Kier alpha value is -1.60. The SMILES string of the molecule is Cc1ncc(CCN2CC(Cn3nc4c(cc3=O)CSCC4)C2)o1. The minimum Gasteiger partial charge on any atom is -0.446 e. The van der Waals surface area contributed by atoms with Crippen molar-refractivity contribution in [1.82, 2.24) is 19.7 Å². The predicted octanol–water partition coefficient (Wildman–Crippen LogP) is 1.50. The second-order valence-corrected chi connectivity index (χ2v) is 7.77. The van der Waals surface area contributed by atoms with Gasteiger partial charge in [-0.15, -0.1) is 0 Å². The summed E-state index contributed by atoms with van der Waals surface area (Å²) in [6, 6.07) is 1.79. The smallest absolute Gasteiger partial charge is 0.267 e. The fourth-order valence-corrected chi connectivity index (χ4v) is 4.34. The summed E-state index contributed by atoms with van der Waals surface area (Å²) in [7, 11) is 0. The van der Waals surface area contributed by atoms with Crippen LogP contribution < -0.4 is 5.56 Å². The first kappa shape index (κ1) is 15.9. The number of thioether (sulfide) groups is 1. The van der Waals surface area contributed by atoms with E-state index >= 15 is 0 Å². The number of hydrogen-bond acceptors (Lipinski definition) is 6. The molecule has 0 N–H and O–H groups in total. The van der Waals surface area contributed by atoms with Crippen LogP contribution in [0.15, 0.2) is 21.5 Å². The highest BCUT2D eigenvalue weighted by Crippen LogP contribution is 2.22. The Bertz CT molecular complexity index is 779. The van der Waals surface area contributed by atoms with E-state index in [0.29, 0.717) is 5.92 Å². The summed E-state index contributed by atoms with van der Waals surface area (Å²) >= 11 is 1.88. The van der Waals surface area contributed by atoms with Crippen molar-refractivity contribution in [1.29, 1.82) is 0 Å². The quantitative estimate of drug-likeness (QED) is 0.818. The van der Waals surface area contributed by atoms with Gasteiger partial charge in [0.15, 0.2) is 5.89 Å². The first-order chi connectivity index (χ1) is 11.7. The first-order valence-electron chi connectivity index (χ1n) is 8.49. The lowest BCUT2D eigenvalue weighted by Gasteiger charge is -2.39. The number of fused-ring (bicyclic) bond motifs is 1. The van der Waals surface area contributed by atoms with Gasteiger partial charge in [-0.25, -0.2) is 9.67 Å². The van der Waals surface area contributed by atoms with E-state index < -0.39 is 0 Å². The van der Waals surface area contributed by atoms with Crippen LogP contribution >= 0.6 is 11.8 Å². The van der Waals surface area contributed by atoms with Gasteiger partial charge in [-0.2, -0.15) is 16.9 Å². The van der Waals surface area contributed by atoms with Crippen molar-refractivity contribution in [3.8, 4) is 0 Å². The molecule has 0 amide bonds. The van der Waals surface area contributed by atoms with Crippen molar-refractivity contribution in [2.75, 3.05) is 25.4 Å². The van der Waals surface area contributed by atoms with Crippen molar-refractivity contribution in [3.05, 3.63) is 45.5 Å². The molecule has 1 saturated heterocycles. The lowest BCUT2D eigenvalue weighted by Crippen LogP contribution is -2.50. The fraction of sp³-hybridized carbons (Fsp3) is 0.588. The van der Waals surface area contributed by atoms with E-state index in [4.69, 9.17) is 4.42 Å². The second kappa shape index (κ2) is 6.72. The normalized spacial score (nSPS) is 18.4. The number of aryl methyl sites for hydroxylation is 2. The Kier molecular flexibility index (Phi) is 4.45. The molecule has 0 aromatic carbocycles. The summed E-state index contributed by atoms with van der Waals surface area (Å²) < 4.78 is 7.18. The number of aromatic nitrogens is 3. The highest BCUT2D eigenvalue weighted by Gasteiger charge is 2.27. The molecule has 2 aliphatic rings. The standard InChI is InChI=1S/C17H22N4O2S/c1-12-18-7-15(23-12)2-4-20-8-13(9-20)10-21-17(22)6-14-11-24-5-3-16(14)19-21/h6-7,13H,2-5,8-11H2,1H3. The van der Waals surface area contributed by atoms with Gasteiger partial charge in [0, 0.05) is 57.1 Å². The van der Waals surface area contributed by atoms with Crippen LogP contribution in [0.2, 0.25) is 0 Å². The highest BCUT2D eigenvalue weighted by molar-refractivity contribution is 7.98. The predicted molar refractivity (Wildman–Crippen MR) is 93.2 cm³/mol. The number of nitrogens with zero attached hydrogens (tertiary/aromatic N) is 4. The molecule has 1 fully saturated rings. The maximum Gasteiger partial charge on any atom is 0.267 e. The Morgan fingerprint density at radius 3 is 3.08 bits per heavy atom. The summed E-state index contributed by atoms with van der Waals surface area (Å²) in [5.74, 6) is 4.22. The van der Waals surface area contributed by atoms with Gasteiger partial charge in [-0.1, -0.05) is 0 Å². The summed E-state index contributed by atoms with van der Waals surface area (Å²) in [4.78, 5) is 18.7. The molecule has 2 aromatic rings. The van der Waals surface area contributed by atoms with Crippen molar-refractivity contribution < 1.29 is 4.42 Å². The largest absolute Gasteiger partial charge is 0.446 e. The number of hydrogen-bond donors (Lipinski definition) is 0. The molecule has 6 nitrogen and oxygen atoms in total. The van der Waals surface area contributed by atoms with E-state index in [1.165, 1.54) is 0 Å². The summed E-state index contributed by atoms with van der Waals surface area (Å²) in [6.45, 7) is 5.62. The van der Waals surface area contributed by atoms with Crippen LogP contribution in [0.5, 0.6) is 0 Å². The van der Waals surface area contributed by atoms with Gasteiger partial charge in [0.2, 0.25) is 0 Å². The summed E-state index contributed by atoms with van der Waals surface area (Å²) in [5.41, 5.74) is 2.29. The molecule has 128 valence electrons. The van der Waals surface area contributed by atoms with Gasteiger partial charge in [0.05, 0.1) is 18.4 Å². The van der Waals surface area contributed by atoms with Gasteiger partial charge < -0.3 is 9.32 Å². The minimum absolute atomic E-state index is 0.0480. The third kappa shape index (κ3) is 3.42. The van der Waals surface area contributed by atoms with Gasteiger partial charge in [-0.05, 0) is 11.3 Å². The van der Waals surface area contributed by atoms with Crippen molar-refractivity contribution >= 4 is 11.8 Å². The van der Waals surface area contributed by atoms with Crippen LogP contribution in [-0.4, -0.2) is 45.1 Å². The van der Waals surface area contributed by atoms with Crippen LogP contribution in [0.25, 0.3) is 0 Å². The van der Waals surface area contributed by atoms with Crippen molar-refractivity contribution in [2.45, 2.75) is 32.1 Å². The lowest BCUT2D eigenvalue weighted by atomic mass is 10.00. The first-order valence-corrected chi connectivity index (χ1v) is 9.64. The minimum atomic E-state index is 0.0480. The molecule has 0 bridgehead atoms. The Morgan fingerprint density at radius 1 is 1.42 bits per heavy atom. The molecule has 24 heavy (non-hydrogen) atoms. The third-order valence-corrected chi connectivity index (χ3v) is 5.72. The average molecular weight is 346 g/mol. The van der Waals surface area contributed by atoms with Gasteiger partial charge in [0.1, 0.15) is 5.76 Å². The van der Waals surface area contributed by atoms with Gasteiger partial charge >= 0.3 is 0 Å². The molecule has 0 saturated carbocycles. The maximum absolute atomic E-state index is 12.2. The molecular formula is C17H22N4O2S. The molecule has 0 radical (unpaired) electrons. The Morgan fingerprint density at radius 2 is 2.29 bits per heavy atom. The van der Waals surface area contributed by atoms with Gasteiger partial charge in [0.25, 0.3) is 5.56 Å². The second-order valence-electron chi connectivity index (χ2n) is 6.66. The van der Waals surface area contributed by atoms with E-state index in [1.807, 2.05) is 24.9 Å². The molecule has 0 unspecified atom stereocenters. The molecule has 0 atom stereocenters. The lowest BCUT2D eigenvalue weighted by molar-refractivity contribution is 0.0838. The van der Waals surface area contributed by atoms with Crippen LogP contribution in [0.3, 0.4) is 0 Å². The third-order valence-electron chi connectivity index (χ3n) is 4.71. The average Bonchev–Trinajstić information content (AvgIpc) is 2.95. The zero-order valence-electron chi connectivity index (χ0n) is 13.9. The van der Waals surface area contributed by atoms with Gasteiger partial charge in [-0.3, -0.25) is 4.79 Å². The monoisotopic (exact) mass is 346 g/mol. The molecule has 4 rings (SSSR count). The molecule has 0 spiro atoms. The van der Waals surface area contributed by atoms with E-state index in [1.54, 1.807) is 10.7 Å². The van der Waals surface area contributed by atoms with Crippen LogP contribution in [0, 0.1) is 12.8 Å². The number of oxazole rings is 1. The van der Waals surface area contributed by atoms with Crippen LogP contribution in [0.1, 0.15) is 22.9 Å². The topological polar surface area (TPSA) is 64.2 Å². The summed E-state index contributed by atoms with van der Waals surface area (Å²) in [5, 5.41) is 4.61. The fourth-order valence-electron chi connectivity index (χ4n) is 3.39. The Balaban J connectivity index is 1.29. The Labute approximate surface area is 145 Å².